The lowest BCUT2D eigenvalue weighted by Crippen LogP contribution is -2.26. The van der Waals surface area contributed by atoms with E-state index in [1.165, 1.54) is 6.07 Å². The highest BCUT2D eigenvalue weighted by molar-refractivity contribution is 5.54. The first-order valence-corrected chi connectivity index (χ1v) is 6.83. The number of para-hydroxylation sites is 1. The predicted octanol–water partition coefficient (Wildman–Crippen LogP) is 2.58. The van der Waals surface area contributed by atoms with Gasteiger partial charge in [0, 0.05) is 33.4 Å². The fraction of sp³-hybridized carbons (Fsp3) is 0.600. The molecule has 1 atom stereocenters. The summed E-state index contributed by atoms with van der Waals surface area (Å²) >= 11 is 0. The third-order valence-electron chi connectivity index (χ3n) is 3.30. The number of benzene rings is 1. The molecular formula is C15H25FN2O. The normalized spacial score (nSPS) is 12.5. The number of methoxy groups -OCH3 is 1. The van der Waals surface area contributed by atoms with Gasteiger partial charge in [-0.05, 0) is 30.9 Å². The molecule has 0 saturated carbocycles. The van der Waals surface area contributed by atoms with Crippen LogP contribution in [0, 0.1) is 5.82 Å². The number of anilines is 1. The molecule has 0 aliphatic carbocycles. The van der Waals surface area contributed by atoms with E-state index in [-0.39, 0.29) is 11.9 Å². The average Bonchev–Trinajstić information content (AvgIpc) is 2.38. The zero-order valence-electron chi connectivity index (χ0n) is 12.2. The van der Waals surface area contributed by atoms with Gasteiger partial charge >= 0.3 is 0 Å². The molecule has 0 aromatic heterocycles. The van der Waals surface area contributed by atoms with Crippen LogP contribution in [0.5, 0.6) is 0 Å². The zero-order valence-corrected chi connectivity index (χ0v) is 12.2. The first kappa shape index (κ1) is 15.9. The van der Waals surface area contributed by atoms with Gasteiger partial charge in [-0.2, -0.15) is 0 Å². The molecule has 108 valence electrons. The van der Waals surface area contributed by atoms with Crippen molar-refractivity contribution >= 4 is 5.69 Å². The lowest BCUT2D eigenvalue weighted by atomic mass is 10.0. The Hall–Kier alpha value is -1.13. The Bertz CT molecular complexity index is 384. The fourth-order valence-electron chi connectivity index (χ4n) is 2.14. The topological polar surface area (TPSA) is 38.5 Å². The first-order valence-electron chi connectivity index (χ1n) is 6.83. The Morgan fingerprint density at radius 2 is 2.16 bits per heavy atom. The quantitative estimate of drug-likeness (QED) is 0.736. The molecule has 19 heavy (non-hydrogen) atoms. The van der Waals surface area contributed by atoms with Crippen molar-refractivity contribution in [3.63, 3.8) is 0 Å². The van der Waals surface area contributed by atoms with Crippen LogP contribution >= 0.6 is 0 Å². The number of rotatable bonds is 8. The van der Waals surface area contributed by atoms with Gasteiger partial charge in [0.2, 0.25) is 0 Å². The van der Waals surface area contributed by atoms with Crippen LogP contribution in [0.3, 0.4) is 0 Å². The van der Waals surface area contributed by atoms with Gasteiger partial charge in [-0.1, -0.05) is 19.1 Å². The molecule has 0 fully saturated rings. The predicted molar refractivity (Wildman–Crippen MR) is 78.1 cm³/mol. The maximum Gasteiger partial charge on any atom is 0.146 e. The molecule has 0 heterocycles. The summed E-state index contributed by atoms with van der Waals surface area (Å²) in [7, 11) is 3.59. The smallest absolute Gasteiger partial charge is 0.146 e. The van der Waals surface area contributed by atoms with Crippen LogP contribution < -0.4 is 10.6 Å². The number of hydrogen-bond donors (Lipinski definition) is 1. The summed E-state index contributed by atoms with van der Waals surface area (Å²) in [6.07, 6.45) is 2.47. The van der Waals surface area contributed by atoms with Gasteiger partial charge in [-0.3, -0.25) is 0 Å². The molecule has 0 saturated heterocycles. The van der Waals surface area contributed by atoms with E-state index in [1.54, 1.807) is 13.2 Å². The number of hydrogen-bond acceptors (Lipinski definition) is 3. The Balaban J connectivity index is 2.84. The van der Waals surface area contributed by atoms with E-state index >= 15 is 0 Å². The number of ether oxygens (including phenoxy) is 1. The minimum absolute atomic E-state index is 0.0768. The zero-order chi connectivity index (χ0) is 14.3. The molecule has 0 radical (unpaired) electrons. The summed E-state index contributed by atoms with van der Waals surface area (Å²) in [6.45, 7) is 3.50. The second kappa shape index (κ2) is 8.12. The molecule has 0 aliphatic heterocycles. The van der Waals surface area contributed by atoms with Crippen molar-refractivity contribution in [2.24, 2.45) is 5.73 Å². The van der Waals surface area contributed by atoms with Crippen molar-refractivity contribution in [2.75, 3.05) is 32.2 Å². The highest BCUT2D eigenvalue weighted by Gasteiger charge is 2.14. The van der Waals surface area contributed by atoms with E-state index in [0.717, 1.165) is 24.9 Å². The summed E-state index contributed by atoms with van der Waals surface area (Å²) in [6, 6.07) is 5.29. The Morgan fingerprint density at radius 3 is 2.79 bits per heavy atom. The lowest BCUT2D eigenvalue weighted by molar-refractivity contribution is 0.196. The third kappa shape index (κ3) is 4.80. The Labute approximate surface area is 115 Å². The van der Waals surface area contributed by atoms with E-state index in [9.17, 15) is 4.39 Å². The molecule has 1 unspecified atom stereocenters. The van der Waals surface area contributed by atoms with Crippen LogP contribution in [0.1, 0.15) is 25.3 Å². The van der Waals surface area contributed by atoms with E-state index in [0.29, 0.717) is 18.7 Å². The number of nitrogens with two attached hydrogens (primary N) is 1. The van der Waals surface area contributed by atoms with E-state index in [1.807, 2.05) is 24.9 Å². The Morgan fingerprint density at radius 1 is 1.42 bits per heavy atom. The van der Waals surface area contributed by atoms with Gasteiger partial charge in [0.25, 0.3) is 0 Å². The van der Waals surface area contributed by atoms with Gasteiger partial charge in [-0.15, -0.1) is 0 Å². The van der Waals surface area contributed by atoms with Crippen molar-refractivity contribution < 1.29 is 9.13 Å². The van der Waals surface area contributed by atoms with Crippen LogP contribution in [0.4, 0.5) is 10.1 Å². The maximum atomic E-state index is 14.1. The molecule has 4 heteroatoms. The Kier molecular flexibility index (Phi) is 6.81. The minimum atomic E-state index is -0.180. The molecule has 1 aromatic carbocycles. The van der Waals surface area contributed by atoms with Crippen molar-refractivity contribution in [3.8, 4) is 0 Å². The van der Waals surface area contributed by atoms with Gasteiger partial charge in [0.1, 0.15) is 5.82 Å². The van der Waals surface area contributed by atoms with Crippen LogP contribution in [0.2, 0.25) is 0 Å². The van der Waals surface area contributed by atoms with Gasteiger partial charge in [0.05, 0.1) is 5.69 Å². The van der Waals surface area contributed by atoms with Crippen molar-refractivity contribution in [1.29, 1.82) is 0 Å². The van der Waals surface area contributed by atoms with E-state index in [4.69, 9.17) is 10.5 Å². The highest BCUT2D eigenvalue weighted by Crippen LogP contribution is 2.25. The van der Waals surface area contributed by atoms with Crippen LogP contribution in [0.25, 0.3) is 0 Å². The van der Waals surface area contributed by atoms with Crippen molar-refractivity contribution in [3.05, 3.63) is 29.6 Å². The van der Waals surface area contributed by atoms with Crippen LogP contribution in [-0.4, -0.2) is 33.4 Å². The largest absolute Gasteiger partial charge is 0.385 e. The summed E-state index contributed by atoms with van der Waals surface area (Å²) in [5.74, 6) is -0.180. The molecule has 1 aromatic rings. The minimum Gasteiger partial charge on any atom is -0.385 e. The molecule has 0 aliphatic rings. The number of halogens is 1. The molecule has 3 nitrogen and oxygen atoms in total. The number of nitrogens with zero attached hydrogens (tertiary/aromatic N) is 1. The molecular weight excluding hydrogens is 243 g/mol. The standard InChI is InChI=1S/C15H25FN2O/c1-4-13(17)11-12-7-5-8-14(16)15(12)18(2)9-6-10-19-3/h5,7-8,13H,4,6,9-11,17H2,1-3H3. The van der Waals surface area contributed by atoms with Crippen molar-refractivity contribution in [1.82, 2.24) is 0 Å². The monoisotopic (exact) mass is 268 g/mol. The summed E-state index contributed by atoms with van der Waals surface area (Å²) in [5, 5.41) is 0. The molecule has 0 bridgehead atoms. The van der Waals surface area contributed by atoms with Crippen molar-refractivity contribution in [2.45, 2.75) is 32.2 Å². The van der Waals surface area contributed by atoms with E-state index in [2.05, 4.69) is 0 Å². The second-order valence-electron chi connectivity index (χ2n) is 4.89. The molecule has 1 rings (SSSR count). The van der Waals surface area contributed by atoms with Crippen LogP contribution in [0.15, 0.2) is 18.2 Å². The van der Waals surface area contributed by atoms with E-state index < -0.39 is 0 Å². The summed E-state index contributed by atoms with van der Waals surface area (Å²) in [4.78, 5) is 1.95. The van der Waals surface area contributed by atoms with Crippen LogP contribution in [-0.2, 0) is 11.2 Å². The molecule has 0 spiro atoms. The average molecular weight is 268 g/mol. The SMILES string of the molecule is CCC(N)Cc1cccc(F)c1N(C)CCCOC. The highest BCUT2D eigenvalue weighted by atomic mass is 19.1. The third-order valence-corrected chi connectivity index (χ3v) is 3.30. The fourth-order valence-corrected chi connectivity index (χ4v) is 2.14. The molecule has 2 N–H and O–H groups in total. The summed E-state index contributed by atoms with van der Waals surface area (Å²) < 4.78 is 19.1. The second-order valence-corrected chi connectivity index (χ2v) is 4.89. The summed E-state index contributed by atoms with van der Waals surface area (Å²) in [5.41, 5.74) is 7.63. The lowest BCUT2D eigenvalue weighted by Gasteiger charge is -2.24. The first-order chi connectivity index (χ1) is 9.10. The molecule has 0 amide bonds. The maximum absolute atomic E-state index is 14.1. The van der Waals surface area contributed by atoms with Gasteiger partial charge in [-0.25, -0.2) is 4.39 Å². The van der Waals surface area contributed by atoms with Gasteiger partial charge < -0.3 is 15.4 Å². The van der Waals surface area contributed by atoms with Gasteiger partial charge in [0.15, 0.2) is 0 Å².